The van der Waals surface area contributed by atoms with Crippen LogP contribution in [0.25, 0.3) is 0 Å². The van der Waals surface area contributed by atoms with E-state index in [2.05, 4.69) is 5.32 Å². The molecule has 2 aromatic carbocycles. The van der Waals surface area contributed by atoms with Gasteiger partial charge in [0.25, 0.3) is 5.91 Å². The summed E-state index contributed by atoms with van der Waals surface area (Å²) in [6, 6.07) is 12.7. The number of para-hydroxylation sites is 1. The Balaban J connectivity index is 2.39. The topological polar surface area (TPSA) is 115 Å². The van der Waals surface area contributed by atoms with Gasteiger partial charge in [0.2, 0.25) is 10.0 Å². The van der Waals surface area contributed by atoms with E-state index in [4.69, 9.17) is 10.9 Å². The number of amides is 1. The van der Waals surface area contributed by atoms with Gasteiger partial charge in [0.1, 0.15) is 0 Å². The third-order valence-corrected chi connectivity index (χ3v) is 3.55. The molecule has 1 amide bonds. The molecule has 0 aliphatic carbocycles. The highest BCUT2D eigenvalue weighted by Gasteiger charge is 2.10. The van der Waals surface area contributed by atoms with Gasteiger partial charge in [-0.05, 0) is 30.3 Å². The molecule has 104 valence electrons. The predicted octanol–water partition coefficient (Wildman–Crippen LogP) is 1.18. The summed E-state index contributed by atoms with van der Waals surface area (Å²) >= 11 is 0. The summed E-state index contributed by atoms with van der Waals surface area (Å²) in [6.45, 7) is 0. The van der Waals surface area contributed by atoms with Crippen LogP contribution in [0.3, 0.4) is 0 Å². The first-order valence-corrected chi connectivity index (χ1v) is 7.21. The smallest absolute Gasteiger partial charge is 0.250 e. The van der Waals surface area contributed by atoms with E-state index in [9.17, 15) is 13.2 Å². The third kappa shape index (κ3) is 3.14. The van der Waals surface area contributed by atoms with Crippen molar-refractivity contribution in [3.8, 4) is 0 Å². The zero-order valence-corrected chi connectivity index (χ0v) is 11.2. The van der Waals surface area contributed by atoms with Crippen LogP contribution in [-0.2, 0) is 10.0 Å². The molecule has 0 atom stereocenters. The van der Waals surface area contributed by atoms with E-state index < -0.39 is 15.9 Å². The number of rotatable bonds is 4. The van der Waals surface area contributed by atoms with Crippen LogP contribution in [-0.4, -0.2) is 14.3 Å². The van der Waals surface area contributed by atoms with Crippen molar-refractivity contribution >= 4 is 27.3 Å². The van der Waals surface area contributed by atoms with Crippen LogP contribution in [0.1, 0.15) is 10.4 Å². The lowest BCUT2D eigenvalue weighted by Crippen LogP contribution is -2.14. The Morgan fingerprint density at radius 1 is 1.05 bits per heavy atom. The molecule has 0 radical (unpaired) electrons. The summed E-state index contributed by atoms with van der Waals surface area (Å²) in [6.07, 6.45) is 0. The fourth-order valence-electron chi connectivity index (χ4n) is 1.71. The number of anilines is 2. The molecular weight excluding hydrogens is 278 g/mol. The minimum atomic E-state index is -3.78. The SMILES string of the molecule is NC(=O)c1ccccc1Nc1cccc(S(N)(=O)=O)c1. The van der Waals surface area contributed by atoms with E-state index in [1.165, 1.54) is 12.1 Å². The van der Waals surface area contributed by atoms with Crippen molar-refractivity contribution in [2.45, 2.75) is 4.90 Å². The predicted molar refractivity (Wildman–Crippen MR) is 76.1 cm³/mol. The van der Waals surface area contributed by atoms with E-state index >= 15 is 0 Å². The van der Waals surface area contributed by atoms with E-state index in [0.29, 0.717) is 16.9 Å². The number of nitrogens with two attached hydrogens (primary N) is 2. The lowest BCUT2D eigenvalue weighted by Gasteiger charge is -2.10. The molecule has 0 saturated heterocycles. The van der Waals surface area contributed by atoms with Crippen molar-refractivity contribution in [3.63, 3.8) is 0 Å². The number of carbonyl (C=O) groups is 1. The molecule has 0 aliphatic heterocycles. The Labute approximate surface area is 116 Å². The van der Waals surface area contributed by atoms with Crippen LogP contribution < -0.4 is 16.2 Å². The molecule has 6 nitrogen and oxygen atoms in total. The number of carbonyl (C=O) groups excluding carboxylic acids is 1. The van der Waals surface area contributed by atoms with Gasteiger partial charge in [-0.15, -0.1) is 0 Å². The van der Waals surface area contributed by atoms with Gasteiger partial charge in [-0.3, -0.25) is 4.79 Å². The molecule has 5 N–H and O–H groups in total. The molecule has 0 spiro atoms. The minimum Gasteiger partial charge on any atom is -0.366 e. The standard InChI is InChI=1S/C13H13N3O3S/c14-13(17)11-6-1-2-7-12(11)16-9-4-3-5-10(8-9)20(15,18)19/h1-8,16H,(H2,14,17)(H2,15,18,19). The average Bonchev–Trinajstić information content (AvgIpc) is 2.38. The molecule has 0 heterocycles. The van der Waals surface area contributed by atoms with Crippen molar-refractivity contribution in [1.82, 2.24) is 0 Å². The number of primary amides is 1. The van der Waals surface area contributed by atoms with Crippen molar-refractivity contribution in [2.75, 3.05) is 5.32 Å². The summed E-state index contributed by atoms with van der Waals surface area (Å²) < 4.78 is 22.6. The molecule has 0 fully saturated rings. The second-order valence-electron chi connectivity index (χ2n) is 4.11. The number of sulfonamides is 1. The van der Waals surface area contributed by atoms with Crippen molar-refractivity contribution in [3.05, 3.63) is 54.1 Å². The first kappa shape index (κ1) is 14.0. The molecule has 0 unspecified atom stereocenters. The largest absolute Gasteiger partial charge is 0.366 e. The molecule has 0 saturated carbocycles. The average molecular weight is 291 g/mol. The van der Waals surface area contributed by atoms with Gasteiger partial charge in [0, 0.05) is 5.69 Å². The summed E-state index contributed by atoms with van der Waals surface area (Å²) in [5, 5.41) is 8.01. The highest BCUT2D eigenvalue weighted by molar-refractivity contribution is 7.89. The second kappa shape index (κ2) is 5.32. The molecule has 0 aliphatic rings. The maximum Gasteiger partial charge on any atom is 0.250 e. The van der Waals surface area contributed by atoms with Crippen LogP contribution >= 0.6 is 0 Å². The van der Waals surface area contributed by atoms with Crippen LogP contribution in [0, 0.1) is 0 Å². The summed E-state index contributed by atoms with van der Waals surface area (Å²) in [5.41, 5.74) is 6.57. The van der Waals surface area contributed by atoms with Crippen molar-refractivity contribution < 1.29 is 13.2 Å². The Bertz CT molecular complexity index is 757. The second-order valence-corrected chi connectivity index (χ2v) is 5.67. The van der Waals surface area contributed by atoms with Gasteiger partial charge in [-0.25, -0.2) is 13.6 Å². The van der Waals surface area contributed by atoms with Gasteiger partial charge in [0.05, 0.1) is 16.1 Å². The van der Waals surface area contributed by atoms with Gasteiger partial charge in [-0.1, -0.05) is 18.2 Å². The number of hydrogen-bond donors (Lipinski definition) is 3. The molecular formula is C13H13N3O3S. The lowest BCUT2D eigenvalue weighted by molar-refractivity contribution is 0.100. The number of primary sulfonamides is 1. The molecule has 0 bridgehead atoms. The maximum absolute atomic E-state index is 11.3. The van der Waals surface area contributed by atoms with Crippen molar-refractivity contribution in [2.24, 2.45) is 10.9 Å². The van der Waals surface area contributed by atoms with Crippen LogP contribution in [0.5, 0.6) is 0 Å². The molecule has 2 rings (SSSR count). The Morgan fingerprint density at radius 3 is 2.40 bits per heavy atom. The third-order valence-electron chi connectivity index (χ3n) is 2.63. The van der Waals surface area contributed by atoms with Gasteiger partial charge >= 0.3 is 0 Å². The summed E-state index contributed by atoms with van der Waals surface area (Å²) in [4.78, 5) is 11.3. The zero-order valence-electron chi connectivity index (χ0n) is 10.4. The monoisotopic (exact) mass is 291 g/mol. The summed E-state index contributed by atoms with van der Waals surface area (Å²) in [7, 11) is -3.78. The Hall–Kier alpha value is -2.38. The van der Waals surface area contributed by atoms with Crippen LogP contribution in [0.15, 0.2) is 53.4 Å². The van der Waals surface area contributed by atoms with E-state index in [1.807, 2.05) is 0 Å². The van der Waals surface area contributed by atoms with E-state index in [0.717, 1.165) is 0 Å². The first-order valence-electron chi connectivity index (χ1n) is 5.66. The minimum absolute atomic E-state index is 0.0148. The van der Waals surface area contributed by atoms with Gasteiger partial charge < -0.3 is 11.1 Å². The van der Waals surface area contributed by atoms with Gasteiger partial charge in [0.15, 0.2) is 0 Å². The quantitative estimate of drug-likeness (QED) is 0.784. The van der Waals surface area contributed by atoms with Crippen LogP contribution in [0.2, 0.25) is 0 Å². The molecule has 7 heteroatoms. The van der Waals surface area contributed by atoms with Crippen LogP contribution in [0.4, 0.5) is 11.4 Å². The normalized spacial score (nSPS) is 11.1. The maximum atomic E-state index is 11.3. The Kier molecular flexibility index (Phi) is 3.73. The molecule has 20 heavy (non-hydrogen) atoms. The number of benzene rings is 2. The van der Waals surface area contributed by atoms with Gasteiger partial charge in [-0.2, -0.15) is 0 Å². The fourth-order valence-corrected chi connectivity index (χ4v) is 2.27. The highest BCUT2D eigenvalue weighted by atomic mass is 32.2. The summed E-state index contributed by atoms with van der Waals surface area (Å²) in [5.74, 6) is -0.573. The fraction of sp³-hybridized carbons (Fsp3) is 0. The highest BCUT2D eigenvalue weighted by Crippen LogP contribution is 2.22. The number of nitrogens with one attached hydrogen (secondary N) is 1. The number of hydrogen-bond acceptors (Lipinski definition) is 4. The lowest BCUT2D eigenvalue weighted by atomic mass is 10.1. The zero-order chi connectivity index (χ0) is 14.8. The molecule has 2 aromatic rings. The van der Waals surface area contributed by atoms with E-state index in [1.54, 1.807) is 36.4 Å². The van der Waals surface area contributed by atoms with Crippen molar-refractivity contribution in [1.29, 1.82) is 0 Å². The first-order chi connectivity index (χ1) is 9.38. The molecule has 0 aromatic heterocycles. The van der Waals surface area contributed by atoms with E-state index in [-0.39, 0.29) is 4.90 Å². The Morgan fingerprint density at radius 2 is 1.75 bits per heavy atom.